The third-order valence-electron chi connectivity index (χ3n) is 8.23. The number of fused-ring (bicyclic) bond motifs is 2. The van der Waals surface area contributed by atoms with Crippen LogP contribution in [0.1, 0.15) is 52.8 Å². The lowest BCUT2D eigenvalue weighted by atomic mass is 10.1. The first-order valence-corrected chi connectivity index (χ1v) is 16.1. The molecule has 2 amide bonds. The number of piperazine rings is 1. The van der Waals surface area contributed by atoms with Crippen molar-refractivity contribution in [1.82, 2.24) is 29.4 Å². The summed E-state index contributed by atoms with van der Waals surface area (Å²) in [5.74, 6) is -0.619. The number of sulfonamides is 1. The fraction of sp³-hybridized carbons (Fsp3) is 0.500. The second-order valence-corrected chi connectivity index (χ2v) is 13.5. The number of aromatic nitrogens is 2. The van der Waals surface area contributed by atoms with E-state index in [2.05, 4.69) is 15.3 Å². The van der Waals surface area contributed by atoms with E-state index in [0.29, 0.717) is 66.6 Å². The average Bonchev–Trinajstić information content (AvgIpc) is 3.59. The second-order valence-electron chi connectivity index (χ2n) is 11.2. The first-order chi connectivity index (χ1) is 20.5. The molecule has 3 aliphatic heterocycles. The maximum atomic E-state index is 14.1. The number of carbonyl (C=O) groups is 3. The molecule has 230 valence electrons. The first kappa shape index (κ1) is 29.8. The minimum Gasteiger partial charge on any atom is -0.436 e. The van der Waals surface area contributed by atoms with Gasteiger partial charge in [0.15, 0.2) is 10.8 Å². The third kappa shape index (κ3) is 5.69. The first-order valence-electron chi connectivity index (χ1n) is 14.2. The molecule has 0 radical (unpaired) electrons. The highest BCUT2D eigenvalue weighted by atomic mass is 35.5. The molecule has 0 bridgehead atoms. The Balaban J connectivity index is 1.31. The topological polar surface area (TPSA) is 158 Å². The molecule has 1 aromatic carbocycles. The molecular formula is C28H33ClN6O7S. The van der Waals surface area contributed by atoms with Crippen LogP contribution >= 0.6 is 11.6 Å². The average molecular weight is 633 g/mol. The normalized spacial score (nSPS) is 21.7. The number of oxazole rings is 1. The molecule has 15 heteroatoms. The Morgan fingerprint density at radius 2 is 1.91 bits per heavy atom. The Bertz CT molecular complexity index is 1700. The van der Waals surface area contributed by atoms with Gasteiger partial charge in [-0.1, -0.05) is 11.6 Å². The largest absolute Gasteiger partial charge is 0.436 e. The van der Waals surface area contributed by atoms with Crippen LogP contribution in [0.5, 0.6) is 0 Å². The van der Waals surface area contributed by atoms with Crippen molar-refractivity contribution >= 4 is 50.1 Å². The van der Waals surface area contributed by atoms with Gasteiger partial charge < -0.3 is 29.3 Å². The monoisotopic (exact) mass is 632 g/mol. The Morgan fingerprint density at radius 3 is 2.65 bits per heavy atom. The van der Waals surface area contributed by atoms with Gasteiger partial charge in [-0.25, -0.2) is 13.4 Å². The predicted octanol–water partition coefficient (Wildman–Crippen LogP) is 1.81. The van der Waals surface area contributed by atoms with Gasteiger partial charge in [-0.15, -0.1) is 0 Å². The number of ketones is 1. The van der Waals surface area contributed by atoms with Gasteiger partial charge in [0.05, 0.1) is 37.1 Å². The van der Waals surface area contributed by atoms with Gasteiger partial charge in [0, 0.05) is 67.5 Å². The van der Waals surface area contributed by atoms with Crippen LogP contribution in [0.4, 0.5) is 0 Å². The van der Waals surface area contributed by atoms with Crippen LogP contribution < -0.4 is 5.32 Å². The lowest BCUT2D eigenvalue weighted by molar-refractivity contribution is -0.136. The molecule has 5 heterocycles. The molecule has 3 aromatic rings. The predicted molar refractivity (Wildman–Crippen MR) is 155 cm³/mol. The molecule has 13 nitrogen and oxygen atoms in total. The van der Waals surface area contributed by atoms with Crippen molar-refractivity contribution in [3.05, 3.63) is 46.1 Å². The van der Waals surface area contributed by atoms with E-state index >= 15 is 0 Å². The zero-order chi connectivity index (χ0) is 30.5. The fourth-order valence-electron chi connectivity index (χ4n) is 5.97. The highest BCUT2D eigenvalue weighted by Crippen LogP contribution is 2.32. The molecule has 2 unspecified atom stereocenters. The van der Waals surface area contributed by atoms with Gasteiger partial charge in [0.1, 0.15) is 5.76 Å². The number of H-pyrrole nitrogens is 1. The fourth-order valence-corrected chi connectivity index (χ4v) is 7.84. The molecule has 0 saturated carbocycles. The lowest BCUT2D eigenvalue weighted by Crippen LogP contribution is -2.58. The number of morpholine rings is 1. The zero-order valence-corrected chi connectivity index (χ0v) is 25.5. The summed E-state index contributed by atoms with van der Waals surface area (Å²) in [6.45, 7) is 5.22. The van der Waals surface area contributed by atoms with Gasteiger partial charge in [-0.3, -0.25) is 14.4 Å². The summed E-state index contributed by atoms with van der Waals surface area (Å²) in [4.78, 5) is 50.3. The number of rotatable bonds is 6. The van der Waals surface area contributed by atoms with E-state index in [1.54, 1.807) is 23.1 Å². The Kier molecular flexibility index (Phi) is 8.07. The van der Waals surface area contributed by atoms with E-state index in [1.807, 2.05) is 6.92 Å². The van der Waals surface area contributed by atoms with Crippen LogP contribution in [-0.4, -0.2) is 108 Å². The molecule has 2 saturated heterocycles. The summed E-state index contributed by atoms with van der Waals surface area (Å²) in [6, 6.07) is 4.17. The number of halogens is 1. The van der Waals surface area contributed by atoms with Crippen molar-refractivity contribution in [1.29, 1.82) is 0 Å². The van der Waals surface area contributed by atoms with Crippen LogP contribution in [-0.2, 0) is 32.5 Å². The molecule has 2 N–H and O–H groups in total. The van der Waals surface area contributed by atoms with Crippen molar-refractivity contribution in [3.63, 3.8) is 0 Å². The maximum Gasteiger partial charge on any atom is 0.310 e. The van der Waals surface area contributed by atoms with Gasteiger partial charge in [-0.05, 0) is 32.0 Å². The molecule has 2 aromatic heterocycles. The molecule has 0 spiro atoms. The second kappa shape index (κ2) is 11.7. The van der Waals surface area contributed by atoms with Crippen molar-refractivity contribution in [2.75, 3.05) is 45.9 Å². The smallest absolute Gasteiger partial charge is 0.310 e. The number of carbonyl (C=O) groups excluding carboxylic acids is 3. The third-order valence-corrected chi connectivity index (χ3v) is 10.3. The van der Waals surface area contributed by atoms with Crippen molar-refractivity contribution in [3.8, 4) is 0 Å². The molecule has 2 fully saturated rings. The van der Waals surface area contributed by atoms with Crippen LogP contribution in [0.15, 0.2) is 27.6 Å². The molecule has 3 aliphatic rings. The molecule has 43 heavy (non-hydrogen) atoms. The molecular weight excluding hydrogens is 600 g/mol. The zero-order valence-electron chi connectivity index (χ0n) is 23.9. The SMILES string of the molecule is CC(=O)c1c(S(=O)(=O)N2CCN(C(=O)c3nc4c(o3)CNC(C)C4)C(CC(=O)N3CCOCC3)C2)[nH]c2ccc(Cl)cc12. The van der Waals surface area contributed by atoms with E-state index < -0.39 is 27.8 Å². The number of hydrogen-bond acceptors (Lipinski definition) is 9. The van der Waals surface area contributed by atoms with Crippen molar-refractivity contribution in [2.24, 2.45) is 0 Å². The number of nitrogens with zero attached hydrogens (tertiary/aromatic N) is 4. The van der Waals surface area contributed by atoms with Crippen LogP contribution in [0, 0.1) is 0 Å². The summed E-state index contributed by atoms with van der Waals surface area (Å²) >= 11 is 6.15. The Labute approximate surface area is 253 Å². The lowest BCUT2D eigenvalue weighted by Gasteiger charge is -2.40. The van der Waals surface area contributed by atoms with E-state index in [1.165, 1.54) is 16.1 Å². The molecule has 0 aliphatic carbocycles. The summed E-state index contributed by atoms with van der Waals surface area (Å²) in [5, 5.41) is 3.81. The number of hydrogen-bond donors (Lipinski definition) is 2. The number of Topliss-reactive ketones (excluding diaryl/α,β-unsaturated/α-hetero) is 1. The van der Waals surface area contributed by atoms with Crippen LogP contribution in [0.3, 0.4) is 0 Å². The highest BCUT2D eigenvalue weighted by molar-refractivity contribution is 7.89. The molecule has 2 atom stereocenters. The minimum atomic E-state index is -4.24. The van der Waals surface area contributed by atoms with E-state index in [-0.39, 0.29) is 54.5 Å². The Hall–Kier alpha value is -3.30. The number of ether oxygens (including phenoxy) is 1. The number of nitrogens with one attached hydrogen (secondary N) is 2. The number of benzene rings is 1. The van der Waals surface area contributed by atoms with E-state index in [9.17, 15) is 22.8 Å². The van der Waals surface area contributed by atoms with Crippen LogP contribution in [0.2, 0.25) is 5.02 Å². The number of amides is 2. The van der Waals surface area contributed by atoms with Crippen molar-refractivity contribution < 1.29 is 32.0 Å². The van der Waals surface area contributed by atoms with Crippen molar-refractivity contribution in [2.45, 2.75) is 50.3 Å². The van der Waals surface area contributed by atoms with Gasteiger partial charge >= 0.3 is 5.91 Å². The maximum absolute atomic E-state index is 14.1. The quantitative estimate of drug-likeness (QED) is 0.387. The summed E-state index contributed by atoms with van der Waals surface area (Å²) in [6.07, 6.45) is 0.518. The Morgan fingerprint density at radius 1 is 1.14 bits per heavy atom. The minimum absolute atomic E-state index is 0.00226. The highest BCUT2D eigenvalue weighted by Gasteiger charge is 2.41. The van der Waals surface area contributed by atoms with Crippen LogP contribution in [0.25, 0.3) is 10.9 Å². The van der Waals surface area contributed by atoms with E-state index in [0.717, 1.165) is 0 Å². The summed E-state index contributed by atoms with van der Waals surface area (Å²) in [5.41, 5.74) is 1.19. The summed E-state index contributed by atoms with van der Waals surface area (Å²) < 4.78 is 40.5. The summed E-state index contributed by atoms with van der Waals surface area (Å²) in [7, 11) is -4.24. The van der Waals surface area contributed by atoms with Gasteiger partial charge in [0.25, 0.3) is 15.9 Å². The van der Waals surface area contributed by atoms with E-state index in [4.69, 9.17) is 20.8 Å². The van der Waals surface area contributed by atoms with Gasteiger partial charge in [0.2, 0.25) is 5.91 Å². The van der Waals surface area contributed by atoms with Gasteiger partial charge in [-0.2, -0.15) is 4.31 Å². The standard InChI is InChI=1S/C28H33ClN6O7S/c1-16-11-22-23(14-30-16)42-26(31-22)28(38)35-6-5-34(15-19(35)13-24(37)33-7-9-41-10-8-33)43(39,40)27-25(17(2)36)20-12-18(29)3-4-21(20)32-27/h3-4,12,16,19,30,32H,5-11,13-15H2,1-2H3. The number of aromatic amines is 1. The molecule has 6 rings (SSSR count).